The van der Waals surface area contributed by atoms with Crippen molar-refractivity contribution in [1.29, 1.82) is 0 Å². The summed E-state index contributed by atoms with van der Waals surface area (Å²) < 4.78 is 124. The van der Waals surface area contributed by atoms with E-state index in [-0.39, 0.29) is 18.9 Å². The second-order valence-electron chi connectivity index (χ2n) is 8.38. The number of aryl methyl sites for hydroxylation is 1. The van der Waals surface area contributed by atoms with Crippen LogP contribution in [-0.4, -0.2) is 113 Å². The summed E-state index contributed by atoms with van der Waals surface area (Å²) in [6.07, 6.45) is -10.9. The Hall–Kier alpha value is -2.31. The van der Waals surface area contributed by atoms with Crippen molar-refractivity contribution in [3.05, 3.63) is 35.9 Å². The van der Waals surface area contributed by atoms with Gasteiger partial charge in [0.25, 0.3) is 0 Å². The quantitative estimate of drug-likeness (QED) is 0.152. The van der Waals surface area contributed by atoms with E-state index in [1.165, 1.54) is 4.90 Å². The van der Waals surface area contributed by atoms with Crippen LogP contribution in [-0.2, 0) is 69.2 Å². The first-order chi connectivity index (χ1) is 18.9. The third-order valence-corrected chi connectivity index (χ3v) is 6.92. The Morgan fingerprint density at radius 2 is 1.44 bits per heavy atom. The largest absolute Gasteiger partial charge is 0.726 e. The molecule has 2 rings (SSSR count). The molecule has 5 atom stereocenters. The van der Waals surface area contributed by atoms with Crippen molar-refractivity contribution in [2.75, 3.05) is 26.7 Å². The zero-order valence-electron chi connectivity index (χ0n) is 21.5. The molecule has 1 aliphatic heterocycles. The fraction of sp³-hybridized carbons (Fsp3) is 0.600. The molecule has 1 heterocycles. The van der Waals surface area contributed by atoms with Crippen LogP contribution in [0.1, 0.15) is 18.9 Å². The number of benzene rings is 1. The molecular formula is C20H27N2O16S3-3. The molecule has 2 amide bonds. The van der Waals surface area contributed by atoms with Gasteiger partial charge in [-0.05, 0) is 18.9 Å². The summed E-state index contributed by atoms with van der Waals surface area (Å²) in [5, 5.41) is 2.26. The predicted octanol–water partition coefficient (Wildman–Crippen LogP) is -2.51. The molecule has 0 unspecified atom stereocenters. The highest BCUT2D eigenvalue weighted by atomic mass is 32.3. The van der Waals surface area contributed by atoms with Crippen LogP contribution in [0, 0.1) is 0 Å². The Morgan fingerprint density at radius 1 is 0.902 bits per heavy atom. The zero-order chi connectivity index (χ0) is 31.0. The number of hydrogen-bond acceptors (Lipinski definition) is 16. The summed E-state index contributed by atoms with van der Waals surface area (Å²) in [5.74, 6) is -1.19. The molecule has 0 spiro atoms. The molecule has 1 aliphatic rings. The van der Waals surface area contributed by atoms with Crippen molar-refractivity contribution in [3.63, 3.8) is 0 Å². The number of carbonyl (C=O) groups excluding carboxylic acids is 2. The molecule has 41 heavy (non-hydrogen) atoms. The first-order valence-corrected chi connectivity index (χ1v) is 15.6. The second kappa shape index (κ2) is 14.7. The van der Waals surface area contributed by atoms with E-state index in [0.29, 0.717) is 6.42 Å². The van der Waals surface area contributed by atoms with Crippen LogP contribution < -0.4 is 5.32 Å². The van der Waals surface area contributed by atoms with Crippen LogP contribution >= 0.6 is 0 Å². The molecule has 18 nitrogen and oxygen atoms in total. The van der Waals surface area contributed by atoms with Crippen molar-refractivity contribution in [1.82, 2.24) is 10.2 Å². The lowest BCUT2D eigenvalue weighted by molar-refractivity contribution is -0.274. The van der Waals surface area contributed by atoms with Crippen LogP contribution in [0.5, 0.6) is 0 Å². The van der Waals surface area contributed by atoms with Gasteiger partial charge in [0.1, 0.15) is 18.3 Å². The number of amides is 2. The highest BCUT2D eigenvalue weighted by Gasteiger charge is 2.51. The second-order valence-corrected chi connectivity index (χ2v) is 11.4. The lowest BCUT2D eigenvalue weighted by Crippen LogP contribution is -2.64. The van der Waals surface area contributed by atoms with Crippen molar-refractivity contribution in [2.45, 2.75) is 50.5 Å². The van der Waals surface area contributed by atoms with Gasteiger partial charge in [0.05, 0.1) is 6.54 Å². The standard InChI is InChI=1S/C20H30N2O16S3/c1-3-22(16(24)10-9-13-7-5-4-6-8-13)12-15(23)21-11-14-17(36-39(25,26)27)18(37-40(28,29)30)19(20(34-2)35-14)38-41(31,32)33/h4-8,14,17-20H,3,9-12H2,1-2H3,(H,21,23)(H,25,26,27)(H,28,29,30)(H,31,32,33)/p-3/t14-,17-,18+,19+,20+/m1/s1. The average Bonchev–Trinajstić information content (AvgIpc) is 2.85. The molecule has 1 aromatic carbocycles. The van der Waals surface area contributed by atoms with E-state index >= 15 is 0 Å². The van der Waals surface area contributed by atoms with Crippen molar-refractivity contribution in [2.24, 2.45) is 0 Å². The highest BCUT2D eigenvalue weighted by Crippen LogP contribution is 2.31. The van der Waals surface area contributed by atoms with E-state index in [1.807, 2.05) is 18.2 Å². The van der Waals surface area contributed by atoms with Crippen LogP contribution in [0.25, 0.3) is 0 Å². The van der Waals surface area contributed by atoms with Crippen LogP contribution in [0.2, 0.25) is 0 Å². The van der Waals surface area contributed by atoms with Crippen molar-refractivity contribution in [3.8, 4) is 0 Å². The van der Waals surface area contributed by atoms with E-state index in [4.69, 9.17) is 9.47 Å². The molecule has 21 heteroatoms. The SMILES string of the molecule is CCN(CC(=O)NC[C@H]1O[C@H](OC)[C@@H](OS(=O)(=O)[O-])[C@@H](OS(=O)(=O)[O-])[C@@H]1OS(=O)(=O)[O-])C(=O)CCc1ccccc1. The van der Waals surface area contributed by atoms with Gasteiger partial charge in [-0.1, -0.05) is 30.3 Å². The van der Waals surface area contributed by atoms with E-state index in [9.17, 15) is 48.5 Å². The molecule has 1 aromatic rings. The van der Waals surface area contributed by atoms with Crippen LogP contribution in [0.4, 0.5) is 0 Å². The molecule has 0 aromatic heterocycles. The van der Waals surface area contributed by atoms with Gasteiger partial charge in [-0.2, -0.15) is 0 Å². The molecule has 234 valence electrons. The van der Waals surface area contributed by atoms with Crippen molar-refractivity contribution < 1.29 is 70.5 Å². The first kappa shape index (κ1) is 34.9. The summed E-state index contributed by atoms with van der Waals surface area (Å²) in [5.41, 5.74) is 0.895. The minimum Gasteiger partial charge on any atom is -0.726 e. The first-order valence-electron chi connectivity index (χ1n) is 11.6. The Kier molecular flexibility index (Phi) is 12.5. The molecule has 1 saturated heterocycles. The molecule has 0 aliphatic carbocycles. The van der Waals surface area contributed by atoms with Crippen LogP contribution in [0.15, 0.2) is 30.3 Å². The maximum absolute atomic E-state index is 12.6. The van der Waals surface area contributed by atoms with Crippen molar-refractivity contribution >= 4 is 43.0 Å². The van der Waals surface area contributed by atoms with Gasteiger partial charge >= 0.3 is 0 Å². The molecule has 0 radical (unpaired) electrons. The number of rotatable bonds is 15. The smallest absolute Gasteiger partial charge is 0.239 e. The van der Waals surface area contributed by atoms with Gasteiger partial charge in [-0.25, -0.2) is 25.3 Å². The Labute approximate surface area is 236 Å². The lowest BCUT2D eigenvalue weighted by atomic mass is 9.99. The molecule has 0 bridgehead atoms. The minimum absolute atomic E-state index is 0.0797. The number of nitrogens with one attached hydrogen (secondary N) is 1. The predicted molar refractivity (Wildman–Crippen MR) is 129 cm³/mol. The number of nitrogens with zero attached hydrogens (tertiary/aromatic N) is 1. The Bertz CT molecular complexity index is 1350. The molecule has 0 saturated carbocycles. The number of ether oxygens (including phenoxy) is 2. The van der Waals surface area contributed by atoms with Gasteiger partial charge in [0.2, 0.25) is 43.0 Å². The lowest BCUT2D eigenvalue weighted by Gasteiger charge is -2.45. The normalized spacial score (nSPS) is 23.6. The fourth-order valence-electron chi connectivity index (χ4n) is 3.84. The molecular weight excluding hydrogens is 620 g/mol. The topological polar surface area (TPSA) is 267 Å². The summed E-state index contributed by atoms with van der Waals surface area (Å²) in [6.45, 7) is 0.488. The van der Waals surface area contributed by atoms with Gasteiger partial charge < -0.3 is 33.3 Å². The number of methoxy groups -OCH3 is 1. The Balaban J connectivity index is 2.21. The summed E-state index contributed by atoms with van der Waals surface area (Å²) in [4.78, 5) is 26.4. The van der Waals surface area contributed by atoms with E-state index in [1.54, 1.807) is 19.1 Å². The van der Waals surface area contributed by atoms with Gasteiger partial charge in [0, 0.05) is 26.6 Å². The van der Waals surface area contributed by atoms with E-state index in [2.05, 4.69) is 17.9 Å². The maximum Gasteiger partial charge on any atom is 0.239 e. The number of likely N-dealkylation sites (N-methyl/N-ethyl adjacent to an activating group) is 1. The maximum atomic E-state index is 12.6. The monoisotopic (exact) mass is 647 g/mol. The third-order valence-electron chi connectivity index (χ3n) is 5.55. The molecule has 1 N–H and O–H groups in total. The third kappa shape index (κ3) is 12.2. The Morgan fingerprint density at radius 3 is 1.95 bits per heavy atom. The average molecular weight is 648 g/mol. The zero-order valence-corrected chi connectivity index (χ0v) is 24.0. The molecule has 1 fully saturated rings. The number of hydrogen-bond donors (Lipinski definition) is 1. The number of carbonyl (C=O) groups is 2. The summed E-state index contributed by atoms with van der Waals surface area (Å²) in [7, 11) is -16.3. The minimum atomic E-state index is -5.79. The van der Waals surface area contributed by atoms with E-state index in [0.717, 1.165) is 12.7 Å². The summed E-state index contributed by atoms with van der Waals surface area (Å²) in [6, 6.07) is 9.07. The van der Waals surface area contributed by atoms with E-state index < -0.39 is 80.9 Å². The summed E-state index contributed by atoms with van der Waals surface area (Å²) >= 11 is 0. The van der Waals surface area contributed by atoms with Crippen LogP contribution in [0.3, 0.4) is 0 Å². The van der Waals surface area contributed by atoms with Gasteiger partial charge in [-0.3, -0.25) is 22.1 Å². The fourth-order valence-corrected chi connectivity index (χ4v) is 5.31. The highest BCUT2D eigenvalue weighted by molar-refractivity contribution is 7.81. The van der Waals surface area contributed by atoms with Gasteiger partial charge in [-0.15, -0.1) is 0 Å². The van der Waals surface area contributed by atoms with Gasteiger partial charge in [0.15, 0.2) is 12.4 Å².